The minimum absolute atomic E-state index is 0.0155. The molecule has 16 nitrogen and oxygen atoms in total. The first-order valence-corrected chi connectivity index (χ1v) is 19.7. The van der Waals surface area contributed by atoms with Gasteiger partial charge < -0.3 is 47.3 Å². The number of aliphatic carboxylic acids is 1. The molecule has 1 unspecified atom stereocenters. The Balaban J connectivity index is 1.47. The number of nitrogens with one attached hydrogen (secondary N) is 3. The molecule has 1 fully saturated rings. The minimum Gasteiger partial charge on any atom is -0.599 e. The second-order valence-corrected chi connectivity index (χ2v) is 14.7. The highest BCUT2D eigenvalue weighted by Crippen LogP contribution is 2.44. The van der Waals surface area contributed by atoms with Crippen LogP contribution in [0.2, 0.25) is 0 Å². The van der Waals surface area contributed by atoms with E-state index in [1.54, 1.807) is 6.08 Å². The number of benzene rings is 2. The van der Waals surface area contributed by atoms with Crippen LogP contribution in [-0.2, 0) is 28.7 Å². The summed E-state index contributed by atoms with van der Waals surface area (Å²) in [6.45, 7) is 11.3. The van der Waals surface area contributed by atoms with E-state index in [2.05, 4.69) is 39.1 Å². The molecule has 0 aromatic heterocycles. The summed E-state index contributed by atoms with van der Waals surface area (Å²) in [6.07, 6.45) is 4.72. The molecule has 2 aliphatic rings. The van der Waals surface area contributed by atoms with Gasteiger partial charge in [0.05, 0.1) is 0 Å². The van der Waals surface area contributed by atoms with Crippen molar-refractivity contribution in [1.82, 2.24) is 20.9 Å². The molecule has 316 valence electrons. The average Bonchev–Trinajstić information content (AvgIpc) is 3.82. The summed E-state index contributed by atoms with van der Waals surface area (Å²) in [5.74, 6) is -4.28. The fraction of sp³-hybridized carbons (Fsp3) is 0.419. The van der Waals surface area contributed by atoms with Crippen molar-refractivity contribution in [2.75, 3.05) is 19.7 Å². The van der Waals surface area contributed by atoms with Crippen LogP contribution in [0.25, 0.3) is 11.1 Å². The van der Waals surface area contributed by atoms with Gasteiger partial charge >= 0.3 is 5.97 Å². The molecular formula is C43H55N8O8-. The van der Waals surface area contributed by atoms with E-state index in [9.17, 15) is 34.2 Å². The number of ether oxygens (including phenoxy) is 1. The van der Waals surface area contributed by atoms with Gasteiger partial charge in [0.25, 0.3) is 0 Å². The van der Waals surface area contributed by atoms with Gasteiger partial charge in [-0.25, -0.2) is 4.79 Å². The Hall–Kier alpha value is -6.45. The molecule has 0 saturated carbocycles. The Morgan fingerprint density at radius 2 is 1.53 bits per heavy atom. The van der Waals surface area contributed by atoms with Gasteiger partial charge in [-0.2, -0.15) is 0 Å². The quantitative estimate of drug-likeness (QED) is 0.0463. The maximum Gasteiger partial charge on any atom is 0.326 e. The van der Waals surface area contributed by atoms with Crippen molar-refractivity contribution in [3.63, 3.8) is 0 Å². The highest BCUT2D eigenvalue weighted by atomic mass is 16.6. The number of nitrogens with zero attached hydrogens (tertiary/aromatic N) is 3. The number of carbonyl (C=O) groups is 5. The molecule has 2 aromatic carbocycles. The fourth-order valence-corrected chi connectivity index (χ4v) is 7.18. The summed E-state index contributed by atoms with van der Waals surface area (Å²) in [5, 5.41) is 30.6. The molecule has 5 atom stereocenters. The van der Waals surface area contributed by atoms with E-state index in [0.29, 0.717) is 6.42 Å². The Morgan fingerprint density at radius 3 is 2.12 bits per heavy atom. The lowest BCUT2D eigenvalue weighted by atomic mass is 9.98. The molecule has 16 heteroatoms. The lowest BCUT2D eigenvalue weighted by molar-refractivity contribution is -0.251. The molecule has 4 rings (SSSR count). The smallest absolute Gasteiger partial charge is 0.326 e. The van der Waals surface area contributed by atoms with E-state index in [4.69, 9.17) is 16.2 Å². The summed E-state index contributed by atoms with van der Waals surface area (Å²) < 4.78 is 5.64. The minimum atomic E-state index is -1.29. The third-order valence-electron chi connectivity index (χ3n) is 10.1. The number of carboxylic acid groups (broad SMARTS) is 1. The standard InChI is InChI=1S/C43H56N8O8/c1-5-13-34(50-43(58)59-25-31-29-17-9-7-15-27(29)28-16-8-10-18-30(28)31)40(55)51-24-12-20-36(51)39(54)48-33(22-21-26(3)4)38(53)47-32(19-11-23-46-42(44)45)37(52)49-35(14-6-2)41(56)57/h5-10,15-18,21,31-36H,1-2,11-14,19-20,22-25H2,3-4H3,(H,47,53)(H,48,54)(H,49,52)(H,50,58)(H,56,57)(H4,44,45,46)/p-1/t32-,33-,34-,35-,36?/m0/s1. The second-order valence-electron chi connectivity index (χ2n) is 14.7. The van der Waals surface area contributed by atoms with Crippen LogP contribution in [0.1, 0.15) is 75.8 Å². The molecule has 0 bridgehead atoms. The number of aliphatic imine (C=N–C) groups is 2. The number of allylic oxidation sites excluding steroid dienone is 1. The summed E-state index contributed by atoms with van der Waals surface area (Å²) in [4.78, 5) is 76.2. The van der Waals surface area contributed by atoms with Crippen LogP contribution in [0.3, 0.4) is 0 Å². The number of hydrogen-bond donors (Lipinski definition) is 6. The average molecular weight is 812 g/mol. The predicted molar refractivity (Wildman–Crippen MR) is 223 cm³/mol. The number of nitrogens with two attached hydrogens (primary N) is 2. The van der Waals surface area contributed by atoms with Crippen LogP contribution < -0.4 is 32.5 Å². The first-order valence-electron chi connectivity index (χ1n) is 19.7. The summed E-state index contributed by atoms with van der Waals surface area (Å²) in [6, 6.07) is 9.96. The molecule has 2 aromatic rings. The van der Waals surface area contributed by atoms with Crippen molar-refractivity contribution in [1.29, 1.82) is 0 Å². The number of likely N-dealkylation sites (tertiary alicyclic amines) is 1. The van der Waals surface area contributed by atoms with Gasteiger partial charge in [-0.3, -0.25) is 29.2 Å². The van der Waals surface area contributed by atoms with Crippen LogP contribution in [0, 0.1) is 0 Å². The second kappa shape index (κ2) is 21.9. The molecular weight excluding hydrogens is 757 g/mol. The number of carbonyl (C=O) groups excluding carboxylic acids is 4. The van der Waals surface area contributed by atoms with Crippen molar-refractivity contribution >= 4 is 41.6 Å². The Kier molecular flexibility index (Phi) is 16.8. The van der Waals surface area contributed by atoms with Crippen molar-refractivity contribution < 1.29 is 38.9 Å². The number of hydrogen-bond acceptors (Lipinski definition) is 9. The molecule has 1 saturated heterocycles. The number of fused-ring (bicyclic) bond motifs is 3. The molecule has 0 radical (unpaired) electrons. The van der Waals surface area contributed by atoms with E-state index < -0.39 is 65.9 Å². The Labute approximate surface area is 344 Å². The van der Waals surface area contributed by atoms with Crippen molar-refractivity contribution in [3.8, 4) is 11.1 Å². The van der Waals surface area contributed by atoms with Gasteiger partial charge in [-0.05, 0) is 81.0 Å². The maximum atomic E-state index is 14.0. The van der Waals surface area contributed by atoms with Crippen molar-refractivity contribution in [2.45, 2.75) is 94.9 Å². The summed E-state index contributed by atoms with van der Waals surface area (Å²) in [7, 11) is 0. The van der Waals surface area contributed by atoms with Crippen LogP contribution >= 0.6 is 0 Å². The SMILES string of the molecule is C=CC[C@H](N=C([O-])OCC1c2ccccc2-c2ccccc21)C(=O)N1CCCC1C(=O)N[C@@H](CC=C(C)C)C(=O)N[C@@H](CCCN=C(N)N)C(=O)N[C@@H](CC=C)C(=O)O. The van der Waals surface area contributed by atoms with Gasteiger partial charge in [0.2, 0.25) is 23.6 Å². The van der Waals surface area contributed by atoms with Crippen LogP contribution in [0.4, 0.5) is 0 Å². The molecule has 1 heterocycles. The van der Waals surface area contributed by atoms with E-state index >= 15 is 0 Å². The van der Waals surface area contributed by atoms with Crippen molar-refractivity contribution in [2.24, 2.45) is 21.5 Å². The van der Waals surface area contributed by atoms with Gasteiger partial charge in [-0.15, -0.1) is 13.2 Å². The molecule has 8 N–H and O–H groups in total. The van der Waals surface area contributed by atoms with Crippen molar-refractivity contribution in [3.05, 3.63) is 96.6 Å². The van der Waals surface area contributed by atoms with Gasteiger partial charge in [0.1, 0.15) is 36.3 Å². The number of rotatable bonds is 21. The first-order chi connectivity index (χ1) is 28.2. The highest BCUT2D eigenvalue weighted by molar-refractivity contribution is 5.96. The third-order valence-corrected chi connectivity index (χ3v) is 10.1. The van der Waals surface area contributed by atoms with Gasteiger partial charge in [0.15, 0.2) is 5.96 Å². The first kappa shape index (κ1) is 45.3. The van der Waals surface area contributed by atoms with Crippen LogP contribution in [-0.4, -0.2) is 102 Å². The van der Waals surface area contributed by atoms with Gasteiger partial charge in [0, 0.05) is 25.6 Å². The zero-order valence-corrected chi connectivity index (χ0v) is 33.6. The number of carboxylic acids is 1. The largest absolute Gasteiger partial charge is 0.599 e. The maximum absolute atomic E-state index is 14.0. The normalized spacial score (nSPS) is 16.5. The number of amides is 4. The molecule has 1 aliphatic carbocycles. The third kappa shape index (κ3) is 12.5. The molecule has 59 heavy (non-hydrogen) atoms. The van der Waals surface area contributed by atoms with E-state index in [1.165, 1.54) is 17.1 Å². The zero-order valence-electron chi connectivity index (χ0n) is 33.6. The monoisotopic (exact) mass is 811 g/mol. The summed E-state index contributed by atoms with van der Waals surface area (Å²) in [5.41, 5.74) is 15.9. The zero-order chi connectivity index (χ0) is 43.1. The molecule has 4 amide bonds. The Bertz CT molecular complexity index is 1910. The van der Waals surface area contributed by atoms with Gasteiger partial charge in [-0.1, -0.05) is 72.3 Å². The summed E-state index contributed by atoms with van der Waals surface area (Å²) >= 11 is 0. The number of guanidine groups is 1. The lowest BCUT2D eigenvalue weighted by Gasteiger charge is -2.29. The lowest BCUT2D eigenvalue weighted by Crippen LogP contribution is -2.57. The van der Waals surface area contributed by atoms with E-state index in [0.717, 1.165) is 27.8 Å². The topological polar surface area (TPSA) is 254 Å². The predicted octanol–water partition coefficient (Wildman–Crippen LogP) is 1.99. The fourth-order valence-electron chi connectivity index (χ4n) is 7.18. The van der Waals surface area contributed by atoms with E-state index in [1.807, 2.05) is 62.4 Å². The Morgan fingerprint density at radius 1 is 0.915 bits per heavy atom. The molecule has 0 spiro atoms. The highest BCUT2D eigenvalue weighted by Gasteiger charge is 2.39. The van der Waals surface area contributed by atoms with E-state index in [-0.39, 0.29) is 70.1 Å². The van der Waals surface area contributed by atoms with Crippen LogP contribution in [0.15, 0.2) is 95.5 Å². The molecule has 1 aliphatic heterocycles. The van der Waals surface area contributed by atoms with Crippen LogP contribution in [0.5, 0.6) is 0 Å².